The summed E-state index contributed by atoms with van der Waals surface area (Å²) in [6.07, 6.45) is 1.69. The Morgan fingerprint density at radius 3 is 2.35 bits per heavy atom. The molecule has 1 aromatic carbocycles. The van der Waals surface area contributed by atoms with Crippen molar-refractivity contribution < 1.29 is 32.3 Å². The fourth-order valence-electron chi connectivity index (χ4n) is 6.47. The molecule has 0 bridgehead atoms. The normalized spacial score (nSPS) is 22.1. The van der Waals surface area contributed by atoms with Crippen LogP contribution >= 0.6 is 0 Å². The van der Waals surface area contributed by atoms with Gasteiger partial charge in [-0.2, -0.15) is 5.10 Å². The summed E-state index contributed by atoms with van der Waals surface area (Å²) in [5.74, 6) is -3.01. The van der Waals surface area contributed by atoms with E-state index in [1.165, 1.54) is 24.4 Å². The highest BCUT2D eigenvalue weighted by Crippen LogP contribution is 2.32. The van der Waals surface area contributed by atoms with Crippen molar-refractivity contribution in [1.29, 1.82) is 0 Å². The predicted molar refractivity (Wildman–Crippen MR) is 175 cm³/mol. The molecule has 4 amide bonds. The summed E-state index contributed by atoms with van der Waals surface area (Å²) >= 11 is 0. The molecule has 264 valence electrons. The van der Waals surface area contributed by atoms with Crippen molar-refractivity contribution in [2.75, 3.05) is 32.0 Å². The van der Waals surface area contributed by atoms with Crippen molar-refractivity contribution in [2.24, 2.45) is 11.8 Å². The summed E-state index contributed by atoms with van der Waals surface area (Å²) in [6.45, 7) is 8.52. The predicted octanol–water partition coefficient (Wildman–Crippen LogP) is 4.01. The van der Waals surface area contributed by atoms with E-state index in [2.05, 4.69) is 32.9 Å². The van der Waals surface area contributed by atoms with E-state index in [-0.39, 0.29) is 41.6 Å². The van der Waals surface area contributed by atoms with Crippen molar-refractivity contribution in [3.8, 4) is 0 Å². The van der Waals surface area contributed by atoms with Crippen LogP contribution in [0.15, 0.2) is 30.5 Å². The Hall–Kier alpha value is -3.94. The lowest BCUT2D eigenvalue weighted by Crippen LogP contribution is -2.58. The summed E-state index contributed by atoms with van der Waals surface area (Å²) in [5, 5.41) is 12.0. The molecule has 3 N–H and O–H groups in total. The number of rotatable bonds is 12. The molecule has 1 saturated heterocycles. The van der Waals surface area contributed by atoms with Crippen molar-refractivity contribution in [3.05, 3.63) is 47.5 Å². The van der Waals surface area contributed by atoms with Crippen LogP contribution in [-0.4, -0.2) is 94.4 Å². The number of hydrogen-bond acceptors (Lipinski definition) is 6. The molecule has 2 fully saturated rings. The molecule has 1 aliphatic heterocycles. The zero-order chi connectivity index (χ0) is 35.1. The van der Waals surface area contributed by atoms with Crippen molar-refractivity contribution in [2.45, 2.75) is 96.8 Å². The van der Waals surface area contributed by atoms with Gasteiger partial charge in [-0.15, -0.1) is 0 Å². The highest BCUT2D eigenvalue weighted by molar-refractivity contribution is 6.00. The number of alkyl halides is 2. The van der Waals surface area contributed by atoms with Gasteiger partial charge in [0.15, 0.2) is 0 Å². The largest absolute Gasteiger partial charge is 0.344 e. The molecule has 48 heavy (non-hydrogen) atoms. The van der Waals surface area contributed by atoms with Crippen LogP contribution < -0.4 is 16.0 Å². The Balaban J connectivity index is 1.52. The maximum atomic E-state index is 15.7. The quantitative estimate of drug-likeness (QED) is 0.312. The number of carbonyl (C=O) groups is 4. The van der Waals surface area contributed by atoms with E-state index in [1.807, 2.05) is 14.0 Å². The van der Waals surface area contributed by atoms with Crippen molar-refractivity contribution in [1.82, 2.24) is 30.2 Å². The van der Waals surface area contributed by atoms with E-state index in [0.29, 0.717) is 44.0 Å². The van der Waals surface area contributed by atoms with Crippen LogP contribution in [0.5, 0.6) is 0 Å². The Bertz CT molecular complexity index is 1450. The maximum Gasteiger partial charge on any atom is 0.270 e. The lowest BCUT2D eigenvalue weighted by molar-refractivity contribution is -0.139. The van der Waals surface area contributed by atoms with Gasteiger partial charge in [-0.3, -0.25) is 23.9 Å². The van der Waals surface area contributed by atoms with Crippen LogP contribution in [-0.2, 0) is 20.9 Å². The number of nitrogens with zero attached hydrogens (tertiary/aromatic N) is 4. The van der Waals surface area contributed by atoms with Gasteiger partial charge in [0.25, 0.3) is 12.3 Å². The molecule has 0 spiro atoms. The minimum atomic E-state index is -2.73. The van der Waals surface area contributed by atoms with Crippen LogP contribution in [0, 0.1) is 17.7 Å². The Morgan fingerprint density at radius 2 is 1.73 bits per heavy atom. The van der Waals surface area contributed by atoms with E-state index in [4.69, 9.17) is 0 Å². The number of likely N-dealkylation sites (N-methyl/N-ethyl adjacent to an activating group) is 1. The van der Waals surface area contributed by atoms with Gasteiger partial charge >= 0.3 is 0 Å². The molecule has 2 aliphatic rings. The molecule has 1 aromatic heterocycles. The summed E-state index contributed by atoms with van der Waals surface area (Å²) in [7, 11) is 1.99. The molecule has 1 saturated carbocycles. The number of amides is 4. The van der Waals surface area contributed by atoms with E-state index in [9.17, 15) is 28.0 Å². The Labute approximate surface area is 280 Å². The SMILES string of the molecule is CCC(=O)N[C@@H](C(=O)N1CCN(C)[C@H](C)C1)[C@@H](C)c1ccc(NC(=O)[C@@H](NC(=O)c2ccnn2CC(F)F)[C@H]2CC[C@H](C)CC2)c(F)c1. The molecule has 2 aromatic rings. The molecular weight excluding hydrogens is 627 g/mol. The summed E-state index contributed by atoms with van der Waals surface area (Å²) in [6, 6.07) is 3.73. The van der Waals surface area contributed by atoms with Crippen LogP contribution in [0.1, 0.15) is 81.8 Å². The number of anilines is 1. The number of hydrogen-bond donors (Lipinski definition) is 3. The van der Waals surface area contributed by atoms with E-state index in [0.717, 1.165) is 17.5 Å². The average molecular weight is 676 g/mol. The number of nitrogens with one attached hydrogen (secondary N) is 3. The molecule has 0 radical (unpaired) electrons. The molecule has 0 unspecified atom stereocenters. The smallest absolute Gasteiger partial charge is 0.270 e. The first-order valence-corrected chi connectivity index (χ1v) is 16.8. The highest BCUT2D eigenvalue weighted by atomic mass is 19.3. The number of carbonyl (C=O) groups excluding carboxylic acids is 4. The van der Waals surface area contributed by atoms with Crippen LogP contribution in [0.4, 0.5) is 18.9 Å². The maximum absolute atomic E-state index is 15.7. The number of halogens is 3. The lowest BCUT2D eigenvalue weighted by Gasteiger charge is -2.40. The molecule has 14 heteroatoms. The monoisotopic (exact) mass is 675 g/mol. The minimum Gasteiger partial charge on any atom is -0.344 e. The van der Waals surface area contributed by atoms with Gasteiger partial charge in [0.05, 0.1) is 5.69 Å². The summed E-state index contributed by atoms with van der Waals surface area (Å²) in [4.78, 5) is 56.9. The number of aromatic nitrogens is 2. The third kappa shape index (κ3) is 9.14. The van der Waals surface area contributed by atoms with E-state index >= 15 is 4.39 Å². The fraction of sp³-hybridized carbons (Fsp3) is 0.618. The van der Waals surface area contributed by atoms with Gasteiger partial charge in [0.1, 0.15) is 30.1 Å². The third-order valence-corrected chi connectivity index (χ3v) is 9.81. The highest BCUT2D eigenvalue weighted by Gasteiger charge is 2.36. The lowest BCUT2D eigenvalue weighted by atomic mass is 9.79. The summed E-state index contributed by atoms with van der Waals surface area (Å²) in [5.41, 5.74) is 0.239. The molecule has 2 heterocycles. The Kier molecular flexibility index (Phi) is 12.6. The second-order valence-corrected chi connectivity index (χ2v) is 13.3. The number of piperazine rings is 1. The first kappa shape index (κ1) is 36.9. The van der Waals surface area contributed by atoms with E-state index < -0.39 is 48.6 Å². The molecule has 11 nitrogen and oxygen atoms in total. The first-order valence-electron chi connectivity index (χ1n) is 16.8. The van der Waals surface area contributed by atoms with Gasteiger partial charge in [-0.05, 0) is 62.4 Å². The van der Waals surface area contributed by atoms with Crippen LogP contribution in [0.2, 0.25) is 0 Å². The van der Waals surface area contributed by atoms with Crippen molar-refractivity contribution in [3.63, 3.8) is 0 Å². The number of benzene rings is 1. The minimum absolute atomic E-state index is 0.105. The van der Waals surface area contributed by atoms with Crippen molar-refractivity contribution >= 4 is 29.3 Å². The van der Waals surface area contributed by atoms with Gasteiger partial charge in [-0.25, -0.2) is 13.2 Å². The molecule has 1 aliphatic carbocycles. The molecule has 4 rings (SSSR count). The van der Waals surface area contributed by atoms with Gasteiger partial charge in [0.2, 0.25) is 17.7 Å². The third-order valence-electron chi connectivity index (χ3n) is 9.81. The van der Waals surface area contributed by atoms with Gasteiger partial charge in [-0.1, -0.05) is 39.7 Å². The second-order valence-electron chi connectivity index (χ2n) is 13.3. The van der Waals surface area contributed by atoms with Gasteiger partial charge in [0, 0.05) is 44.2 Å². The zero-order valence-corrected chi connectivity index (χ0v) is 28.3. The standard InChI is InChI=1S/C34H48F3N7O4/c1-6-29(45)40-30(34(48)43-16-15-42(5)21(3)18-43)22(4)24-11-12-26(25(35)17-24)39-33(47)31(23-9-7-20(2)8-10-23)41-32(46)27-13-14-38-44(27)19-28(36)37/h11-14,17,20-23,28,30-31H,6-10,15-16,18-19H2,1-5H3,(H,39,47)(H,40,45)(H,41,46)/t20-,21-,22+,23-,30-,31+/m1/s1. The first-order chi connectivity index (χ1) is 22.8. The van der Waals surface area contributed by atoms with E-state index in [1.54, 1.807) is 24.8 Å². The molecule has 4 atom stereocenters. The Morgan fingerprint density at radius 1 is 1.02 bits per heavy atom. The average Bonchev–Trinajstić information content (AvgIpc) is 3.51. The topological polar surface area (TPSA) is 129 Å². The molecular formula is C34H48F3N7O4. The fourth-order valence-corrected chi connectivity index (χ4v) is 6.47. The summed E-state index contributed by atoms with van der Waals surface area (Å²) < 4.78 is 42.7. The second kappa shape index (κ2) is 16.4. The zero-order valence-electron chi connectivity index (χ0n) is 28.3. The van der Waals surface area contributed by atoms with Crippen LogP contribution in [0.3, 0.4) is 0 Å². The van der Waals surface area contributed by atoms with Crippen LogP contribution in [0.25, 0.3) is 0 Å². The van der Waals surface area contributed by atoms with Gasteiger partial charge < -0.3 is 25.8 Å².